The first-order valence-electron chi connectivity index (χ1n) is 11.3. The number of nitrogens with one attached hydrogen (secondary N) is 1. The van der Waals surface area contributed by atoms with Gasteiger partial charge in [0.15, 0.2) is 11.5 Å². The summed E-state index contributed by atoms with van der Waals surface area (Å²) in [4.78, 5) is 29.3. The zero-order chi connectivity index (χ0) is 23.7. The molecule has 0 fully saturated rings. The van der Waals surface area contributed by atoms with Gasteiger partial charge in [-0.3, -0.25) is 14.5 Å². The fourth-order valence-corrected chi connectivity index (χ4v) is 4.88. The molecule has 0 spiro atoms. The smallest absolute Gasteiger partial charge is 0.258 e. The Hall–Kier alpha value is -4.06. The Bertz CT molecular complexity index is 1270. The lowest BCUT2D eigenvalue weighted by Crippen LogP contribution is -2.42. The molecule has 0 unspecified atom stereocenters. The lowest BCUT2D eigenvalue weighted by molar-refractivity contribution is -0.122. The highest BCUT2D eigenvalue weighted by molar-refractivity contribution is 6.09. The summed E-state index contributed by atoms with van der Waals surface area (Å²) in [6.45, 7) is 0. The van der Waals surface area contributed by atoms with Gasteiger partial charge in [-0.1, -0.05) is 42.5 Å². The van der Waals surface area contributed by atoms with E-state index in [0.717, 1.165) is 22.6 Å². The standard InChI is InChI=1S/C28H26N2O4/c1-33-24-16-15-19(17-25(24)34-2)27-26-21(12-8-14-23(26)31)29-20-11-6-7-13-22(20)30(27)28(32)18-9-4-3-5-10-18/h3-7,9-13,15-17,26-27,29H,8,14H2,1-2H3/t26-,27-/m0/s1. The summed E-state index contributed by atoms with van der Waals surface area (Å²) in [7, 11) is 3.16. The summed E-state index contributed by atoms with van der Waals surface area (Å²) >= 11 is 0. The molecule has 6 nitrogen and oxygen atoms in total. The first-order valence-corrected chi connectivity index (χ1v) is 11.3. The number of carbonyl (C=O) groups excluding carboxylic acids is 2. The van der Waals surface area contributed by atoms with Crippen molar-refractivity contribution in [2.45, 2.75) is 18.9 Å². The first kappa shape index (κ1) is 21.8. The molecule has 1 aliphatic heterocycles. The molecule has 34 heavy (non-hydrogen) atoms. The number of ketones is 1. The maximum absolute atomic E-state index is 14.1. The van der Waals surface area contributed by atoms with Gasteiger partial charge in [-0.25, -0.2) is 0 Å². The van der Waals surface area contributed by atoms with E-state index in [0.29, 0.717) is 29.9 Å². The van der Waals surface area contributed by atoms with E-state index in [-0.39, 0.29) is 11.7 Å². The van der Waals surface area contributed by atoms with Crippen molar-refractivity contribution in [2.75, 3.05) is 24.4 Å². The second kappa shape index (κ2) is 9.06. The molecule has 0 saturated heterocycles. The first-order chi connectivity index (χ1) is 16.6. The Labute approximate surface area is 198 Å². The molecular formula is C28H26N2O4. The quantitative estimate of drug-likeness (QED) is 0.573. The largest absolute Gasteiger partial charge is 0.493 e. The highest BCUT2D eigenvalue weighted by Gasteiger charge is 2.43. The number of ether oxygens (including phenoxy) is 2. The maximum Gasteiger partial charge on any atom is 0.258 e. The van der Waals surface area contributed by atoms with Gasteiger partial charge >= 0.3 is 0 Å². The summed E-state index contributed by atoms with van der Waals surface area (Å²) < 4.78 is 11.0. The van der Waals surface area contributed by atoms with Crippen LogP contribution in [0, 0.1) is 5.92 Å². The maximum atomic E-state index is 14.1. The van der Waals surface area contributed by atoms with Gasteiger partial charge in [0, 0.05) is 17.7 Å². The minimum absolute atomic E-state index is 0.100. The molecule has 0 saturated carbocycles. The van der Waals surface area contributed by atoms with Crippen molar-refractivity contribution in [3.05, 3.63) is 95.7 Å². The van der Waals surface area contributed by atoms with Gasteiger partial charge < -0.3 is 14.8 Å². The van der Waals surface area contributed by atoms with E-state index >= 15 is 0 Å². The number of amides is 1. The van der Waals surface area contributed by atoms with E-state index < -0.39 is 12.0 Å². The molecule has 172 valence electrons. The predicted octanol–water partition coefficient (Wildman–Crippen LogP) is 5.38. The number of rotatable bonds is 4. The number of nitrogens with zero attached hydrogens (tertiary/aromatic N) is 1. The zero-order valence-electron chi connectivity index (χ0n) is 19.2. The van der Waals surface area contributed by atoms with E-state index in [9.17, 15) is 9.59 Å². The lowest BCUT2D eigenvalue weighted by Gasteiger charge is -2.36. The van der Waals surface area contributed by atoms with Gasteiger partial charge in [-0.15, -0.1) is 0 Å². The van der Waals surface area contributed by atoms with Crippen molar-refractivity contribution in [1.29, 1.82) is 0 Å². The summed E-state index contributed by atoms with van der Waals surface area (Å²) in [6.07, 6.45) is 3.18. The summed E-state index contributed by atoms with van der Waals surface area (Å²) in [5, 5.41) is 3.47. The molecule has 1 amide bonds. The van der Waals surface area contributed by atoms with E-state index in [2.05, 4.69) is 11.4 Å². The Balaban J connectivity index is 1.77. The number of allylic oxidation sites excluding steroid dienone is 1. The van der Waals surface area contributed by atoms with Gasteiger partial charge in [-0.2, -0.15) is 0 Å². The molecular weight excluding hydrogens is 428 g/mol. The van der Waals surface area contributed by atoms with Crippen LogP contribution in [0.15, 0.2) is 84.6 Å². The van der Waals surface area contributed by atoms with Crippen molar-refractivity contribution >= 4 is 23.1 Å². The second-order valence-corrected chi connectivity index (χ2v) is 8.38. The number of hydrogen-bond acceptors (Lipinski definition) is 5. The van der Waals surface area contributed by atoms with Crippen molar-refractivity contribution in [3.63, 3.8) is 0 Å². The number of hydrogen-bond donors (Lipinski definition) is 1. The second-order valence-electron chi connectivity index (χ2n) is 8.38. The van der Waals surface area contributed by atoms with Crippen molar-refractivity contribution in [2.24, 2.45) is 5.92 Å². The SMILES string of the molecule is COc1ccc([C@H]2[C@@H]3C(=O)CCC=C3Nc3ccccc3N2C(=O)c2ccccc2)cc1OC. The Morgan fingerprint density at radius 1 is 0.941 bits per heavy atom. The Morgan fingerprint density at radius 3 is 2.44 bits per heavy atom. The number of benzene rings is 3. The Kier molecular flexibility index (Phi) is 5.80. The van der Waals surface area contributed by atoms with E-state index in [1.54, 1.807) is 31.3 Å². The zero-order valence-corrected chi connectivity index (χ0v) is 19.2. The molecule has 0 bridgehead atoms. The lowest BCUT2D eigenvalue weighted by atomic mass is 9.81. The molecule has 3 aromatic carbocycles. The van der Waals surface area contributed by atoms with Gasteiger partial charge in [0.2, 0.25) is 0 Å². The van der Waals surface area contributed by atoms with E-state index in [1.807, 2.05) is 60.7 Å². The molecule has 3 aromatic rings. The fourth-order valence-electron chi connectivity index (χ4n) is 4.88. The number of methoxy groups -OCH3 is 2. The molecule has 1 heterocycles. The third-order valence-corrected chi connectivity index (χ3v) is 6.46. The van der Waals surface area contributed by atoms with Crippen LogP contribution in [0.2, 0.25) is 0 Å². The van der Waals surface area contributed by atoms with Crippen LogP contribution in [-0.2, 0) is 4.79 Å². The molecule has 2 aliphatic rings. The third-order valence-electron chi connectivity index (χ3n) is 6.46. The molecule has 1 aliphatic carbocycles. The number of fused-ring (bicyclic) bond motifs is 2. The molecule has 5 rings (SSSR count). The third kappa shape index (κ3) is 3.71. The van der Waals surface area contributed by atoms with Crippen LogP contribution in [-0.4, -0.2) is 25.9 Å². The van der Waals surface area contributed by atoms with Crippen molar-refractivity contribution < 1.29 is 19.1 Å². The number of Topliss-reactive ketones (excluding diaryl/α,β-unsaturated/α-hetero) is 1. The van der Waals surface area contributed by atoms with Crippen LogP contribution in [0.3, 0.4) is 0 Å². The van der Waals surface area contributed by atoms with Crippen LogP contribution in [0.25, 0.3) is 0 Å². The molecule has 0 radical (unpaired) electrons. The summed E-state index contributed by atoms with van der Waals surface area (Å²) in [6, 6.07) is 21.9. The van der Waals surface area contributed by atoms with Gasteiger partial charge in [-0.05, 0) is 48.4 Å². The van der Waals surface area contributed by atoms with Crippen LogP contribution >= 0.6 is 0 Å². The summed E-state index contributed by atoms with van der Waals surface area (Å²) in [5.41, 5.74) is 3.69. The van der Waals surface area contributed by atoms with Gasteiger partial charge in [0.1, 0.15) is 5.78 Å². The highest BCUT2D eigenvalue weighted by atomic mass is 16.5. The predicted molar refractivity (Wildman–Crippen MR) is 131 cm³/mol. The van der Waals surface area contributed by atoms with Crippen molar-refractivity contribution in [1.82, 2.24) is 0 Å². The minimum Gasteiger partial charge on any atom is -0.493 e. The number of carbonyl (C=O) groups is 2. The van der Waals surface area contributed by atoms with Gasteiger partial charge in [0.05, 0.1) is 37.6 Å². The average Bonchev–Trinajstić information content (AvgIpc) is 3.03. The summed E-state index contributed by atoms with van der Waals surface area (Å²) in [5.74, 6) is 0.529. The Morgan fingerprint density at radius 2 is 1.68 bits per heavy atom. The van der Waals surface area contributed by atoms with Crippen LogP contribution in [0.4, 0.5) is 11.4 Å². The van der Waals surface area contributed by atoms with E-state index in [1.165, 1.54) is 0 Å². The van der Waals surface area contributed by atoms with Crippen LogP contribution in [0.5, 0.6) is 11.5 Å². The molecule has 1 N–H and O–H groups in total. The average molecular weight is 455 g/mol. The van der Waals surface area contributed by atoms with Crippen LogP contribution in [0.1, 0.15) is 34.8 Å². The fraction of sp³-hybridized carbons (Fsp3) is 0.214. The van der Waals surface area contributed by atoms with Gasteiger partial charge in [0.25, 0.3) is 5.91 Å². The van der Waals surface area contributed by atoms with Crippen molar-refractivity contribution in [3.8, 4) is 11.5 Å². The highest BCUT2D eigenvalue weighted by Crippen LogP contribution is 2.47. The molecule has 0 aromatic heterocycles. The molecule has 2 atom stereocenters. The number of anilines is 2. The van der Waals surface area contributed by atoms with Crippen LogP contribution < -0.4 is 19.7 Å². The monoisotopic (exact) mass is 454 g/mol. The normalized spacial score (nSPS) is 19.2. The topological polar surface area (TPSA) is 67.9 Å². The number of para-hydroxylation sites is 2. The molecule has 6 heteroatoms. The van der Waals surface area contributed by atoms with E-state index in [4.69, 9.17) is 9.47 Å². The minimum atomic E-state index is -0.567.